The Bertz CT molecular complexity index is 1920. The van der Waals surface area contributed by atoms with E-state index in [9.17, 15) is 9.90 Å². The summed E-state index contributed by atoms with van der Waals surface area (Å²) in [6, 6.07) is 31.0. The molecule has 2 N–H and O–H groups in total. The molecule has 0 unspecified atom stereocenters. The van der Waals surface area contributed by atoms with Crippen LogP contribution in [0.4, 0.5) is 5.69 Å². The molecule has 4 aromatic carbocycles. The number of benzene rings is 4. The SMILES string of the molecule is C[C@@H]1[C@H](CSc2nc3ccccc3s2)O[C@H](c2ccc(NC(=O)c3cnc4ccccc4n3)cc2)O[C@@H]1c1ccc(CO)cc1. The molecule has 0 bridgehead atoms. The monoisotopic (exact) mass is 634 g/mol. The number of thiazole rings is 1. The van der Waals surface area contributed by atoms with Crippen molar-refractivity contribution in [3.05, 3.63) is 126 Å². The van der Waals surface area contributed by atoms with Gasteiger partial charge in [0.15, 0.2) is 10.6 Å². The summed E-state index contributed by atoms with van der Waals surface area (Å²) in [7, 11) is 0. The van der Waals surface area contributed by atoms with E-state index in [0.29, 0.717) is 17.0 Å². The number of anilines is 1. The molecule has 6 aromatic rings. The van der Waals surface area contributed by atoms with Gasteiger partial charge < -0.3 is 19.9 Å². The Labute approximate surface area is 268 Å². The highest BCUT2D eigenvalue weighted by Crippen LogP contribution is 2.43. The first-order chi connectivity index (χ1) is 22.0. The van der Waals surface area contributed by atoms with Gasteiger partial charge in [-0.15, -0.1) is 11.3 Å². The quantitative estimate of drug-likeness (QED) is 0.165. The average molecular weight is 635 g/mol. The number of nitrogens with one attached hydrogen (secondary N) is 1. The minimum Gasteiger partial charge on any atom is -0.392 e. The number of nitrogens with zero attached hydrogens (tertiary/aromatic N) is 3. The number of ether oxygens (including phenoxy) is 2. The van der Waals surface area contributed by atoms with Crippen LogP contribution in [0.5, 0.6) is 0 Å². The van der Waals surface area contributed by atoms with E-state index >= 15 is 0 Å². The Morgan fingerprint density at radius 2 is 1.58 bits per heavy atom. The summed E-state index contributed by atoms with van der Waals surface area (Å²) in [5.74, 6) is 0.440. The summed E-state index contributed by atoms with van der Waals surface area (Å²) in [6.07, 6.45) is 0.537. The molecule has 226 valence electrons. The van der Waals surface area contributed by atoms with E-state index < -0.39 is 6.29 Å². The maximum absolute atomic E-state index is 12.9. The first-order valence-electron chi connectivity index (χ1n) is 14.7. The van der Waals surface area contributed by atoms with E-state index in [2.05, 4.69) is 28.3 Å². The molecule has 3 heterocycles. The minimum atomic E-state index is -0.610. The Balaban J connectivity index is 1.09. The standard InChI is InChI=1S/C35H30N4O4S2/c1-21-30(20-44-35-39-28-8-4-5-9-31(28)45-35)42-34(43-32(21)23-12-10-22(19-40)11-13-23)24-14-16-25(17-15-24)37-33(41)29-18-36-26-6-2-3-7-27(26)38-29/h2-18,21,30,32,34,40H,19-20H2,1H3,(H,37,41)/t21-,30+,32+,34+/m1/s1. The van der Waals surface area contributed by atoms with Crippen molar-refractivity contribution >= 4 is 55.9 Å². The maximum Gasteiger partial charge on any atom is 0.275 e. The topological polar surface area (TPSA) is 106 Å². The van der Waals surface area contributed by atoms with Gasteiger partial charge in [0.2, 0.25) is 0 Å². The molecule has 4 atom stereocenters. The van der Waals surface area contributed by atoms with Gasteiger partial charge in [0.1, 0.15) is 5.69 Å². The lowest BCUT2D eigenvalue weighted by atomic mass is 9.91. The highest BCUT2D eigenvalue weighted by Gasteiger charge is 2.38. The van der Waals surface area contributed by atoms with Gasteiger partial charge in [-0.3, -0.25) is 9.78 Å². The van der Waals surface area contributed by atoms with Gasteiger partial charge in [0.05, 0.1) is 46.3 Å². The molecular formula is C35H30N4O4S2. The van der Waals surface area contributed by atoms with E-state index in [0.717, 1.165) is 32.1 Å². The summed E-state index contributed by atoms with van der Waals surface area (Å²) in [6.45, 7) is 2.14. The smallest absolute Gasteiger partial charge is 0.275 e. The molecule has 1 aliphatic rings. The number of amides is 1. The van der Waals surface area contributed by atoms with Gasteiger partial charge in [-0.25, -0.2) is 9.97 Å². The van der Waals surface area contributed by atoms with E-state index in [1.54, 1.807) is 23.1 Å². The van der Waals surface area contributed by atoms with Crippen molar-refractivity contribution in [1.29, 1.82) is 0 Å². The van der Waals surface area contributed by atoms with Crippen LogP contribution >= 0.6 is 23.1 Å². The first kappa shape index (κ1) is 29.5. The summed E-state index contributed by atoms with van der Waals surface area (Å²) in [5, 5.41) is 12.5. The lowest BCUT2D eigenvalue weighted by Crippen LogP contribution is -2.38. The second-order valence-electron chi connectivity index (χ2n) is 10.9. The summed E-state index contributed by atoms with van der Waals surface area (Å²) in [4.78, 5) is 26.5. The van der Waals surface area contributed by atoms with Gasteiger partial charge >= 0.3 is 0 Å². The number of aromatic nitrogens is 3. The van der Waals surface area contributed by atoms with Crippen molar-refractivity contribution in [2.45, 2.75) is 36.4 Å². The van der Waals surface area contributed by atoms with Crippen LogP contribution < -0.4 is 5.32 Å². The third kappa shape index (κ3) is 6.47. The maximum atomic E-state index is 12.9. The van der Waals surface area contributed by atoms with Crippen LogP contribution in [0, 0.1) is 5.92 Å². The Morgan fingerprint density at radius 1 is 0.867 bits per heavy atom. The summed E-state index contributed by atoms with van der Waals surface area (Å²) < 4.78 is 15.4. The molecule has 7 rings (SSSR count). The van der Waals surface area contributed by atoms with Gasteiger partial charge in [-0.2, -0.15) is 0 Å². The van der Waals surface area contributed by atoms with Crippen LogP contribution in [0.3, 0.4) is 0 Å². The number of aliphatic hydroxyl groups is 1. The molecule has 0 aliphatic carbocycles. The Hall–Kier alpha value is -4.19. The zero-order chi connectivity index (χ0) is 30.8. The van der Waals surface area contributed by atoms with E-state index in [1.807, 2.05) is 91.0 Å². The molecule has 10 heteroatoms. The molecule has 0 spiro atoms. The fourth-order valence-corrected chi connectivity index (χ4v) is 7.62. The van der Waals surface area contributed by atoms with E-state index in [1.165, 1.54) is 10.9 Å². The van der Waals surface area contributed by atoms with Crippen LogP contribution in [-0.4, -0.2) is 37.8 Å². The number of thioether (sulfide) groups is 1. The number of para-hydroxylation sites is 3. The number of carbonyl (C=O) groups excluding carboxylic acids is 1. The van der Waals surface area contributed by atoms with Crippen LogP contribution in [0.25, 0.3) is 21.3 Å². The van der Waals surface area contributed by atoms with Crippen LogP contribution in [0.2, 0.25) is 0 Å². The normalized spacial score (nSPS) is 20.0. The van der Waals surface area contributed by atoms with Crippen LogP contribution in [0.15, 0.2) is 108 Å². The van der Waals surface area contributed by atoms with E-state index in [4.69, 9.17) is 14.5 Å². The lowest BCUT2D eigenvalue weighted by Gasteiger charge is -2.41. The molecule has 0 saturated carbocycles. The van der Waals surface area contributed by atoms with Crippen molar-refractivity contribution in [3.63, 3.8) is 0 Å². The molecule has 2 aromatic heterocycles. The number of rotatable bonds is 8. The predicted octanol–water partition coefficient (Wildman–Crippen LogP) is 7.57. The second-order valence-corrected chi connectivity index (χ2v) is 13.2. The minimum absolute atomic E-state index is 0.00908. The predicted molar refractivity (Wildman–Crippen MR) is 177 cm³/mol. The third-order valence-electron chi connectivity index (χ3n) is 7.89. The summed E-state index contributed by atoms with van der Waals surface area (Å²) in [5.41, 5.74) is 6.00. The Morgan fingerprint density at radius 3 is 2.33 bits per heavy atom. The molecular weight excluding hydrogens is 605 g/mol. The number of hydrogen-bond donors (Lipinski definition) is 2. The number of aliphatic hydroxyl groups excluding tert-OH is 1. The van der Waals surface area contributed by atoms with Gasteiger partial charge in [-0.05, 0) is 47.5 Å². The van der Waals surface area contributed by atoms with Gasteiger partial charge in [0.25, 0.3) is 5.91 Å². The number of carbonyl (C=O) groups is 1. The van der Waals surface area contributed by atoms with Gasteiger partial charge in [0, 0.05) is 22.9 Å². The molecule has 1 saturated heterocycles. The second kappa shape index (κ2) is 13.0. The van der Waals surface area contributed by atoms with Crippen molar-refractivity contribution in [3.8, 4) is 0 Å². The largest absolute Gasteiger partial charge is 0.392 e. The molecule has 1 aliphatic heterocycles. The molecule has 0 radical (unpaired) electrons. The zero-order valence-corrected chi connectivity index (χ0v) is 26.0. The van der Waals surface area contributed by atoms with Crippen molar-refractivity contribution in [2.24, 2.45) is 5.92 Å². The third-order valence-corrected chi connectivity index (χ3v) is 10.2. The van der Waals surface area contributed by atoms with Crippen LogP contribution in [0.1, 0.15) is 46.5 Å². The van der Waals surface area contributed by atoms with Crippen molar-refractivity contribution in [2.75, 3.05) is 11.1 Å². The summed E-state index contributed by atoms with van der Waals surface area (Å²) >= 11 is 3.39. The average Bonchev–Trinajstić information content (AvgIpc) is 3.51. The lowest BCUT2D eigenvalue weighted by molar-refractivity contribution is -0.268. The molecule has 8 nitrogen and oxygen atoms in total. The van der Waals surface area contributed by atoms with Crippen molar-refractivity contribution in [1.82, 2.24) is 15.0 Å². The van der Waals surface area contributed by atoms with Crippen LogP contribution in [-0.2, 0) is 16.1 Å². The Kier molecular flexibility index (Phi) is 8.55. The fourth-order valence-electron chi connectivity index (χ4n) is 5.36. The number of fused-ring (bicyclic) bond motifs is 2. The molecule has 1 fully saturated rings. The van der Waals surface area contributed by atoms with Gasteiger partial charge in [-0.1, -0.05) is 79.3 Å². The molecule has 45 heavy (non-hydrogen) atoms. The van der Waals surface area contributed by atoms with Crippen molar-refractivity contribution < 1.29 is 19.4 Å². The first-order valence-corrected chi connectivity index (χ1v) is 16.5. The highest BCUT2D eigenvalue weighted by atomic mass is 32.2. The zero-order valence-electron chi connectivity index (χ0n) is 24.4. The highest BCUT2D eigenvalue weighted by molar-refractivity contribution is 8.01. The fraction of sp³-hybridized carbons (Fsp3) is 0.200. The van der Waals surface area contributed by atoms with E-state index in [-0.39, 0.29) is 36.3 Å². The number of hydrogen-bond acceptors (Lipinski definition) is 9. The molecule has 1 amide bonds.